The minimum atomic E-state index is 0.619. The number of unbranched alkanes of at least 4 members (excludes halogenated alkanes) is 2. The Kier molecular flexibility index (Phi) is 8.35. The molecule has 0 aromatic carbocycles. The first-order valence-corrected chi connectivity index (χ1v) is 8.43. The van der Waals surface area contributed by atoms with Crippen LogP contribution in [0.3, 0.4) is 0 Å². The summed E-state index contributed by atoms with van der Waals surface area (Å²) in [6.07, 6.45) is 5.12. The highest BCUT2D eigenvalue weighted by molar-refractivity contribution is 7.09. The van der Waals surface area contributed by atoms with Gasteiger partial charge in [0.25, 0.3) is 0 Å². The third kappa shape index (κ3) is 7.71. The quantitative estimate of drug-likeness (QED) is 0.657. The van der Waals surface area contributed by atoms with E-state index in [1.165, 1.54) is 37.1 Å². The van der Waals surface area contributed by atoms with Crippen LogP contribution in [0.2, 0.25) is 0 Å². The van der Waals surface area contributed by atoms with E-state index in [0.717, 1.165) is 6.54 Å². The summed E-state index contributed by atoms with van der Waals surface area (Å²) in [5, 5.41) is 5.64. The largest absolute Gasteiger partial charge is 0.315 e. The molecule has 110 valence electrons. The Bertz CT molecular complexity index is 309. The summed E-state index contributed by atoms with van der Waals surface area (Å²) < 4.78 is 0. The fourth-order valence-electron chi connectivity index (χ4n) is 2.15. The molecule has 1 unspecified atom stereocenters. The van der Waals surface area contributed by atoms with Crippen molar-refractivity contribution in [2.24, 2.45) is 0 Å². The molecule has 19 heavy (non-hydrogen) atoms. The summed E-state index contributed by atoms with van der Waals surface area (Å²) in [7, 11) is 2.25. The van der Waals surface area contributed by atoms with Crippen LogP contribution in [0, 0.1) is 0 Å². The summed E-state index contributed by atoms with van der Waals surface area (Å²) in [6, 6.07) is 5.65. The van der Waals surface area contributed by atoms with Crippen LogP contribution in [0.5, 0.6) is 0 Å². The Labute approximate surface area is 123 Å². The van der Waals surface area contributed by atoms with E-state index in [4.69, 9.17) is 0 Å². The fourth-order valence-corrected chi connectivity index (χ4v) is 2.98. The third-order valence-electron chi connectivity index (χ3n) is 3.57. The lowest BCUT2D eigenvalue weighted by molar-refractivity contribution is 0.251. The van der Waals surface area contributed by atoms with E-state index in [0.29, 0.717) is 12.1 Å². The molecule has 1 rings (SSSR count). The van der Waals surface area contributed by atoms with E-state index in [1.807, 2.05) is 11.3 Å². The number of rotatable bonds is 10. The van der Waals surface area contributed by atoms with Crippen LogP contribution in [-0.4, -0.2) is 37.1 Å². The van der Waals surface area contributed by atoms with Gasteiger partial charge in [0.1, 0.15) is 0 Å². The molecule has 2 nitrogen and oxygen atoms in total. The number of thiophene rings is 1. The van der Waals surface area contributed by atoms with Crippen molar-refractivity contribution in [1.82, 2.24) is 10.2 Å². The average Bonchev–Trinajstić information content (AvgIpc) is 2.85. The van der Waals surface area contributed by atoms with Gasteiger partial charge in [0, 0.05) is 17.0 Å². The highest BCUT2D eigenvalue weighted by Gasteiger charge is 2.09. The van der Waals surface area contributed by atoms with Gasteiger partial charge in [-0.25, -0.2) is 0 Å². The number of hydrogen-bond acceptors (Lipinski definition) is 3. The van der Waals surface area contributed by atoms with Gasteiger partial charge >= 0.3 is 0 Å². The van der Waals surface area contributed by atoms with Crippen LogP contribution in [0.25, 0.3) is 0 Å². The molecule has 1 heterocycles. The number of nitrogens with zero attached hydrogens (tertiary/aromatic N) is 1. The van der Waals surface area contributed by atoms with Gasteiger partial charge in [0.15, 0.2) is 0 Å². The second-order valence-corrected chi connectivity index (χ2v) is 6.81. The molecule has 0 radical (unpaired) electrons. The van der Waals surface area contributed by atoms with Gasteiger partial charge in [-0.05, 0) is 57.8 Å². The Balaban J connectivity index is 2.05. The number of likely N-dealkylation sites (N-methyl/N-ethyl adjacent to an activating group) is 1. The van der Waals surface area contributed by atoms with Gasteiger partial charge in [-0.15, -0.1) is 11.3 Å². The zero-order valence-corrected chi connectivity index (χ0v) is 13.8. The Hall–Kier alpha value is -0.380. The summed E-state index contributed by atoms with van der Waals surface area (Å²) in [6.45, 7) is 9.13. The number of hydrogen-bond donors (Lipinski definition) is 1. The molecule has 0 spiro atoms. The molecule has 1 N–H and O–H groups in total. The monoisotopic (exact) mass is 282 g/mol. The van der Waals surface area contributed by atoms with E-state index in [-0.39, 0.29) is 0 Å². The molecule has 1 atom stereocenters. The SMILES string of the molecule is CC(C)NCCCCCN(C)C(C)Cc1cccs1. The molecular formula is C16H30N2S. The van der Waals surface area contributed by atoms with Gasteiger partial charge in [0.2, 0.25) is 0 Å². The van der Waals surface area contributed by atoms with Crippen LogP contribution in [0.4, 0.5) is 0 Å². The maximum absolute atomic E-state index is 3.47. The van der Waals surface area contributed by atoms with E-state index >= 15 is 0 Å². The zero-order chi connectivity index (χ0) is 14.1. The molecule has 0 fully saturated rings. The Morgan fingerprint density at radius 3 is 2.63 bits per heavy atom. The molecule has 0 aliphatic heterocycles. The lowest BCUT2D eigenvalue weighted by Crippen LogP contribution is -2.31. The maximum atomic E-state index is 3.47. The molecular weight excluding hydrogens is 252 g/mol. The van der Waals surface area contributed by atoms with Gasteiger partial charge in [-0.3, -0.25) is 0 Å². The first-order chi connectivity index (χ1) is 9.09. The van der Waals surface area contributed by atoms with Crippen LogP contribution in [-0.2, 0) is 6.42 Å². The lowest BCUT2D eigenvalue weighted by Gasteiger charge is -2.24. The van der Waals surface area contributed by atoms with Gasteiger partial charge in [-0.2, -0.15) is 0 Å². The third-order valence-corrected chi connectivity index (χ3v) is 4.47. The number of nitrogens with one attached hydrogen (secondary N) is 1. The highest BCUT2D eigenvalue weighted by atomic mass is 32.1. The van der Waals surface area contributed by atoms with Crippen LogP contribution < -0.4 is 5.32 Å². The Morgan fingerprint density at radius 1 is 1.21 bits per heavy atom. The molecule has 0 aliphatic carbocycles. The molecule has 0 saturated heterocycles. The smallest absolute Gasteiger partial charge is 0.0112 e. The fraction of sp³-hybridized carbons (Fsp3) is 0.750. The first kappa shape index (κ1) is 16.7. The summed E-state index contributed by atoms with van der Waals surface area (Å²) in [4.78, 5) is 4.00. The molecule has 0 aliphatic rings. The van der Waals surface area contributed by atoms with Gasteiger partial charge in [0.05, 0.1) is 0 Å². The lowest BCUT2D eigenvalue weighted by atomic mass is 10.1. The first-order valence-electron chi connectivity index (χ1n) is 7.55. The highest BCUT2D eigenvalue weighted by Crippen LogP contribution is 2.13. The predicted octanol–water partition coefficient (Wildman–Crippen LogP) is 3.78. The molecule has 0 amide bonds. The van der Waals surface area contributed by atoms with Crippen molar-refractivity contribution >= 4 is 11.3 Å². The van der Waals surface area contributed by atoms with Gasteiger partial charge < -0.3 is 10.2 Å². The second kappa shape index (κ2) is 9.51. The minimum absolute atomic E-state index is 0.619. The Morgan fingerprint density at radius 2 is 2.00 bits per heavy atom. The van der Waals surface area contributed by atoms with Crippen LogP contribution in [0.1, 0.15) is 44.9 Å². The van der Waals surface area contributed by atoms with Crippen molar-refractivity contribution < 1.29 is 0 Å². The van der Waals surface area contributed by atoms with E-state index in [2.05, 4.69) is 55.5 Å². The van der Waals surface area contributed by atoms with Crippen molar-refractivity contribution in [3.63, 3.8) is 0 Å². The predicted molar refractivity (Wildman–Crippen MR) is 87.1 cm³/mol. The topological polar surface area (TPSA) is 15.3 Å². The molecule has 1 aromatic rings. The van der Waals surface area contributed by atoms with E-state index < -0.39 is 0 Å². The van der Waals surface area contributed by atoms with Crippen molar-refractivity contribution in [1.29, 1.82) is 0 Å². The van der Waals surface area contributed by atoms with E-state index in [9.17, 15) is 0 Å². The molecule has 3 heteroatoms. The molecule has 1 aromatic heterocycles. The van der Waals surface area contributed by atoms with E-state index in [1.54, 1.807) is 0 Å². The van der Waals surface area contributed by atoms with Crippen molar-refractivity contribution in [3.05, 3.63) is 22.4 Å². The normalized spacial score (nSPS) is 13.4. The van der Waals surface area contributed by atoms with Crippen molar-refractivity contribution in [2.75, 3.05) is 20.1 Å². The van der Waals surface area contributed by atoms with Crippen molar-refractivity contribution in [2.45, 2.75) is 58.5 Å². The zero-order valence-electron chi connectivity index (χ0n) is 13.0. The van der Waals surface area contributed by atoms with Crippen LogP contribution in [0.15, 0.2) is 17.5 Å². The van der Waals surface area contributed by atoms with Crippen LogP contribution >= 0.6 is 11.3 Å². The second-order valence-electron chi connectivity index (χ2n) is 5.78. The average molecular weight is 282 g/mol. The minimum Gasteiger partial charge on any atom is -0.315 e. The van der Waals surface area contributed by atoms with Gasteiger partial charge in [-0.1, -0.05) is 26.3 Å². The summed E-state index contributed by atoms with van der Waals surface area (Å²) >= 11 is 1.87. The maximum Gasteiger partial charge on any atom is 0.0112 e. The molecule has 0 bridgehead atoms. The summed E-state index contributed by atoms with van der Waals surface area (Å²) in [5.74, 6) is 0. The summed E-state index contributed by atoms with van der Waals surface area (Å²) in [5.41, 5.74) is 0. The molecule has 0 saturated carbocycles. The van der Waals surface area contributed by atoms with Crippen molar-refractivity contribution in [3.8, 4) is 0 Å². The standard InChI is InChI=1S/C16H30N2S/c1-14(2)17-10-6-5-7-11-18(4)15(3)13-16-9-8-12-19-16/h8-9,12,14-15,17H,5-7,10-11,13H2,1-4H3.